The van der Waals surface area contributed by atoms with Crippen molar-refractivity contribution in [1.82, 2.24) is 15.5 Å². The third-order valence-corrected chi connectivity index (χ3v) is 3.30. The Labute approximate surface area is 118 Å². The smallest absolute Gasteiger partial charge is 0.233 e. The van der Waals surface area contributed by atoms with Crippen molar-refractivity contribution in [3.63, 3.8) is 0 Å². The molecular weight excluding hydrogens is 257 g/mol. The number of ether oxygens (including phenoxy) is 1. The lowest BCUT2D eigenvalue weighted by Crippen LogP contribution is -2.21. The van der Waals surface area contributed by atoms with Gasteiger partial charge in [-0.15, -0.1) is 5.10 Å². The van der Waals surface area contributed by atoms with Gasteiger partial charge in [0.2, 0.25) is 5.88 Å². The SMILES string of the molecule is CNC(Cc1ccc(F)cc1C)c1ccc(OC)nn1. The molecule has 1 atom stereocenters. The lowest BCUT2D eigenvalue weighted by atomic mass is 9.99. The minimum atomic E-state index is -0.212. The third kappa shape index (κ3) is 3.30. The fraction of sp³-hybridized carbons (Fsp3) is 0.333. The van der Waals surface area contributed by atoms with Crippen molar-refractivity contribution < 1.29 is 9.13 Å². The Balaban J connectivity index is 2.19. The van der Waals surface area contributed by atoms with Crippen LogP contribution in [0.25, 0.3) is 0 Å². The molecule has 0 aliphatic carbocycles. The number of hydrogen-bond donors (Lipinski definition) is 1. The van der Waals surface area contributed by atoms with Crippen LogP contribution < -0.4 is 10.1 Å². The first-order chi connectivity index (χ1) is 9.63. The van der Waals surface area contributed by atoms with E-state index in [1.165, 1.54) is 6.07 Å². The molecule has 1 unspecified atom stereocenters. The second-order valence-corrected chi connectivity index (χ2v) is 4.62. The Morgan fingerprint density at radius 1 is 1.25 bits per heavy atom. The highest BCUT2D eigenvalue weighted by Crippen LogP contribution is 2.20. The largest absolute Gasteiger partial charge is 0.480 e. The van der Waals surface area contributed by atoms with E-state index in [0.29, 0.717) is 5.88 Å². The maximum atomic E-state index is 13.1. The van der Waals surface area contributed by atoms with Crippen LogP contribution in [0.5, 0.6) is 5.88 Å². The molecule has 20 heavy (non-hydrogen) atoms. The maximum Gasteiger partial charge on any atom is 0.233 e. The van der Waals surface area contributed by atoms with E-state index in [4.69, 9.17) is 4.74 Å². The van der Waals surface area contributed by atoms with Crippen LogP contribution in [0.3, 0.4) is 0 Å². The average Bonchev–Trinajstić information content (AvgIpc) is 2.47. The maximum absolute atomic E-state index is 13.1. The molecule has 1 aromatic heterocycles. The molecule has 1 heterocycles. The molecule has 2 rings (SSSR count). The summed E-state index contributed by atoms with van der Waals surface area (Å²) < 4.78 is 18.1. The van der Waals surface area contributed by atoms with Crippen LogP contribution in [0.15, 0.2) is 30.3 Å². The Morgan fingerprint density at radius 2 is 2.05 bits per heavy atom. The Kier molecular flexibility index (Phi) is 4.63. The topological polar surface area (TPSA) is 47.0 Å². The van der Waals surface area contributed by atoms with Gasteiger partial charge < -0.3 is 10.1 Å². The van der Waals surface area contributed by atoms with Gasteiger partial charge in [0.15, 0.2) is 0 Å². The Hall–Kier alpha value is -2.01. The molecule has 0 fully saturated rings. The van der Waals surface area contributed by atoms with Gasteiger partial charge in [-0.05, 0) is 49.7 Å². The number of aryl methyl sites for hydroxylation is 1. The van der Waals surface area contributed by atoms with E-state index in [9.17, 15) is 4.39 Å². The number of nitrogens with one attached hydrogen (secondary N) is 1. The van der Waals surface area contributed by atoms with Crippen molar-refractivity contribution in [2.45, 2.75) is 19.4 Å². The molecule has 0 bridgehead atoms. The lowest BCUT2D eigenvalue weighted by Gasteiger charge is -2.16. The predicted octanol–water partition coefficient (Wildman–Crippen LogP) is 2.44. The molecule has 1 aromatic carbocycles. The summed E-state index contributed by atoms with van der Waals surface area (Å²) in [6, 6.07) is 8.52. The number of halogens is 1. The van der Waals surface area contributed by atoms with Crippen LogP contribution >= 0.6 is 0 Å². The minimum absolute atomic E-state index is 0.0255. The first-order valence-corrected chi connectivity index (χ1v) is 6.44. The van der Waals surface area contributed by atoms with Crippen molar-refractivity contribution in [1.29, 1.82) is 0 Å². The highest BCUT2D eigenvalue weighted by atomic mass is 19.1. The molecule has 0 saturated heterocycles. The number of rotatable bonds is 5. The molecule has 4 nitrogen and oxygen atoms in total. The molecule has 0 aliphatic heterocycles. The second-order valence-electron chi connectivity index (χ2n) is 4.62. The monoisotopic (exact) mass is 275 g/mol. The molecule has 0 amide bonds. The fourth-order valence-electron chi connectivity index (χ4n) is 2.09. The lowest BCUT2D eigenvalue weighted by molar-refractivity contribution is 0.389. The number of benzene rings is 1. The summed E-state index contributed by atoms with van der Waals surface area (Å²) in [6.45, 7) is 1.91. The number of hydrogen-bond acceptors (Lipinski definition) is 4. The summed E-state index contributed by atoms with van der Waals surface area (Å²) in [5.74, 6) is 0.276. The molecular formula is C15H18FN3O. The predicted molar refractivity (Wildman–Crippen MR) is 75.2 cm³/mol. The Bertz CT molecular complexity index is 572. The molecule has 1 N–H and O–H groups in total. The van der Waals surface area contributed by atoms with Crippen molar-refractivity contribution in [2.24, 2.45) is 0 Å². The first-order valence-electron chi connectivity index (χ1n) is 6.44. The summed E-state index contributed by atoms with van der Waals surface area (Å²) in [5, 5.41) is 11.3. The quantitative estimate of drug-likeness (QED) is 0.910. The molecule has 0 saturated carbocycles. The van der Waals surface area contributed by atoms with Gasteiger partial charge in [-0.3, -0.25) is 0 Å². The first kappa shape index (κ1) is 14.4. The van der Waals surface area contributed by atoms with E-state index in [1.807, 2.05) is 26.1 Å². The zero-order valence-corrected chi connectivity index (χ0v) is 11.9. The van der Waals surface area contributed by atoms with E-state index in [1.54, 1.807) is 19.2 Å². The van der Waals surface area contributed by atoms with Crippen LogP contribution in [-0.2, 0) is 6.42 Å². The number of aromatic nitrogens is 2. The van der Waals surface area contributed by atoms with Gasteiger partial charge in [0.05, 0.1) is 18.8 Å². The van der Waals surface area contributed by atoms with Gasteiger partial charge >= 0.3 is 0 Å². The van der Waals surface area contributed by atoms with E-state index in [0.717, 1.165) is 23.2 Å². The summed E-state index contributed by atoms with van der Waals surface area (Å²) in [7, 11) is 3.43. The van der Waals surface area contributed by atoms with Gasteiger partial charge in [-0.2, -0.15) is 5.10 Å². The van der Waals surface area contributed by atoms with Crippen LogP contribution in [0.4, 0.5) is 4.39 Å². The highest BCUT2D eigenvalue weighted by molar-refractivity contribution is 5.28. The number of likely N-dealkylation sites (N-methyl/N-ethyl adjacent to an activating group) is 1. The van der Waals surface area contributed by atoms with E-state index < -0.39 is 0 Å². The van der Waals surface area contributed by atoms with E-state index in [2.05, 4.69) is 15.5 Å². The molecule has 0 radical (unpaired) electrons. The van der Waals surface area contributed by atoms with Crippen LogP contribution in [0.1, 0.15) is 22.9 Å². The normalized spacial score (nSPS) is 12.2. The summed E-state index contributed by atoms with van der Waals surface area (Å²) >= 11 is 0. The van der Waals surface area contributed by atoms with Crippen molar-refractivity contribution in [2.75, 3.05) is 14.2 Å². The Morgan fingerprint density at radius 3 is 2.60 bits per heavy atom. The molecule has 5 heteroatoms. The van der Waals surface area contributed by atoms with Gasteiger partial charge in [0.1, 0.15) is 5.82 Å². The van der Waals surface area contributed by atoms with Gasteiger partial charge in [0, 0.05) is 6.07 Å². The fourth-order valence-corrected chi connectivity index (χ4v) is 2.09. The van der Waals surface area contributed by atoms with Gasteiger partial charge in [0.25, 0.3) is 0 Å². The van der Waals surface area contributed by atoms with Crippen LogP contribution in [-0.4, -0.2) is 24.4 Å². The zero-order chi connectivity index (χ0) is 14.5. The van der Waals surface area contributed by atoms with Crippen molar-refractivity contribution >= 4 is 0 Å². The van der Waals surface area contributed by atoms with Crippen LogP contribution in [0, 0.1) is 12.7 Å². The molecule has 0 aliphatic rings. The molecule has 0 spiro atoms. The average molecular weight is 275 g/mol. The van der Waals surface area contributed by atoms with E-state index in [-0.39, 0.29) is 11.9 Å². The zero-order valence-electron chi connectivity index (χ0n) is 11.9. The van der Waals surface area contributed by atoms with Crippen LogP contribution in [0.2, 0.25) is 0 Å². The highest BCUT2D eigenvalue weighted by Gasteiger charge is 2.14. The molecule has 106 valence electrons. The van der Waals surface area contributed by atoms with Gasteiger partial charge in [-0.1, -0.05) is 6.07 Å². The summed E-state index contributed by atoms with van der Waals surface area (Å²) in [5.41, 5.74) is 2.85. The molecule has 2 aromatic rings. The van der Waals surface area contributed by atoms with E-state index >= 15 is 0 Å². The second kappa shape index (κ2) is 6.43. The van der Waals surface area contributed by atoms with Crippen molar-refractivity contribution in [3.8, 4) is 5.88 Å². The number of methoxy groups -OCH3 is 1. The minimum Gasteiger partial charge on any atom is -0.480 e. The summed E-state index contributed by atoms with van der Waals surface area (Å²) in [6.07, 6.45) is 0.726. The van der Waals surface area contributed by atoms with Gasteiger partial charge in [-0.25, -0.2) is 4.39 Å². The third-order valence-electron chi connectivity index (χ3n) is 3.30. The standard InChI is InChI=1S/C15H18FN3O/c1-10-8-12(16)5-4-11(10)9-14(17-2)13-6-7-15(20-3)19-18-13/h4-8,14,17H,9H2,1-3H3. The van der Waals surface area contributed by atoms with Crippen molar-refractivity contribution in [3.05, 3.63) is 53.0 Å². The number of nitrogens with zero attached hydrogens (tertiary/aromatic N) is 2. The summed E-state index contributed by atoms with van der Waals surface area (Å²) in [4.78, 5) is 0.